The number of para-hydroxylation sites is 1. The SMILES string of the molecule is CCS(=O)(=O)Nc1cccc2c1nc(-c1cn(C)c3c(O)nccc13)n2Cc1ccc(F)cc1C. The molecule has 0 aliphatic rings. The number of sulfonamides is 1. The number of nitrogens with zero attached hydrogens (tertiary/aromatic N) is 4. The number of aromatic hydroxyl groups is 1. The van der Waals surface area contributed by atoms with Gasteiger partial charge in [0, 0.05) is 36.9 Å². The second kappa shape index (κ2) is 8.38. The molecule has 0 atom stereocenters. The second-order valence-corrected chi connectivity index (χ2v) is 10.5. The van der Waals surface area contributed by atoms with E-state index in [0.717, 1.165) is 27.6 Å². The fourth-order valence-electron chi connectivity index (χ4n) is 4.36. The molecule has 35 heavy (non-hydrogen) atoms. The molecule has 2 N–H and O–H groups in total. The van der Waals surface area contributed by atoms with Crippen molar-refractivity contribution in [3.63, 3.8) is 0 Å². The van der Waals surface area contributed by atoms with Crippen LogP contribution in [0.1, 0.15) is 18.1 Å². The fraction of sp³-hybridized carbons (Fsp3) is 0.200. The fourth-order valence-corrected chi connectivity index (χ4v) is 5.00. The molecule has 5 aromatic rings. The van der Waals surface area contributed by atoms with Crippen LogP contribution in [0.25, 0.3) is 33.3 Å². The van der Waals surface area contributed by atoms with E-state index in [1.807, 2.05) is 30.8 Å². The number of nitrogens with one attached hydrogen (secondary N) is 1. The number of benzene rings is 2. The molecule has 0 bridgehead atoms. The van der Waals surface area contributed by atoms with Crippen molar-refractivity contribution >= 4 is 37.6 Å². The highest BCUT2D eigenvalue weighted by atomic mass is 32.2. The lowest BCUT2D eigenvalue weighted by atomic mass is 10.1. The largest absolute Gasteiger partial charge is 0.492 e. The number of halogens is 1. The lowest BCUT2D eigenvalue weighted by molar-refractivity contribution is 0.457. The van der Waals surface area contributed by atoms with Gasteiger partial charge in [-0.1, -0.05) is 12.1 Å². The van der Waals surface area contributed by atoms with Crippen LogP contribution >= 0.6 is 0 Å². The van der Waals surface area contributed by atoms with E-state index in [9.17, 15) is 17.9 Å². The maximum Gasteiger partial charge on any atom is 0.236 e. The Morgan fingerprint density at radius 1 is 1.17 bits per heavy atom. The summed E-state index contributed by atoms with van der Waals surface area (Å²) in [5, 5.41) is 11.1. The van der Waals surface area contributed by atoms with E-state index in [2.05, 4.69) is 9.71 Å². The van der Waals surface area contributed by atoms with Crippen LogP contribution in [0, 0.1) is 12.7 Å². The Morgan fingerprint density at radius 2 is 1.97 bits per heavy atom. The Hall–Kier alpha value is -3.92. The summed E-state index contributed by atoms with van der Waals surface area (Å²) in [5.74, 6) is 0.115. The minimum Gasteiger partial charge on any atom is -0.492 e. The van der Waals surface area contributed by atoms with Crippen molar-refractivity contribution in [2.45, 2.75) is 20.4 Å². The molecule has 5 rings (SSSR count). The predicted molar refractivity (Wildman–Crippen MR) is 134 cm³/mol. The van der Waals surface area contributed by atoms with Crippen molar-refractivity contribution in [3.8, 4) is 17.3 Å². The smallest absolute Gasteiger partial charge is 0.236 e. The zero-order chi connectivity index (χ0) is 24.9. The summed E-state index contributed by atoms with van der Waals surface area (Å²) in [7, 11) is -1.71. The Kier molecular flexibility index (Phi) is 5.47. The van der Waals surface area contributed by atoms with Crippen LogP contribution in [-0.2, 0) is 23.6 Å². The Morgan fingerprint density at radius 3 is 2.71 bits per heavy atom. The first-order valence-electron chi connectivity index (χ1n) is 11.1. The first-order valence-corrected chi connectivity index (χ1v) is 12.7. The number of imidazole rings is 1. The molecule has 0 saturated carbocycles. The van der Waals surface area contributed by atoms with Crippen molar-refractivity contribution in [1.82, 2.24) is 19.1 Å². The van der Waals surface area contributed by atoms with E-state index >= 15 is 0 Å². The van der Waals surface area contributed by atoms with Gasteiger partial charge in [-0.25, -0.2) is 22.8 Å². The molecule has 0 fully saturated rings. The first-order chi connectivity index (χ1) is 16.7. The number of anilines is 1. The summed E-state index contributed by atoms with van der Waals surface area (Å²) in [6, 6.07) is 11.8. The molecule has 0 aliphatic carbocycles. The van der Waals surface area contributed by atoms with Gasteiger partial charge in [0.25, 0.3) is 0 Å². The molecule has 180 valence electrons. The van der Waals surface area contributed by atoms with Crippen LogP contribution in [0.2, 0.25) is 0 Å². The third kappa shape index (κ3) is 3.99. The van der Waals surface area contributed by atoms with Gasteiger partial charge in [0.15, 0.2) is 0 Å². The van der Waals surface area contributed by atoms with Gasteiger partial charge in [-0.3, -0.25) is 4.72 Å². The third-order valence-electron chi connectivity index (χ3n) is 6.17. The van der Waals surface area contributed by atoms with Gasteiger partial charge in [-0.2, -0.15) is 0 Å². The van der Waals surface area contributed by atoms with Gasteiger partial charge in [0.1, 0.15) is 22.7 Å². The van der Waals surface area contributed by atoms with Crippen molar-refractivity contribution < 1.29 is 17.9 Å². The average Bonchev–Trinajstić information content (AvgIpc) is 3.34. The monoisotopic (exact) mass is 493 g/mol. The van der Waals surface area contributed by atoms with E-state index < -0.39 is 10.0 Å². The zero-order valence-corrected chi connectivity index (χ0v) is 20.3. The van der Waals surface area contributed by atoms with Gasteiger partial charge in [-0.15, -0.1) is 0 Å². The lowest BCUT2D eigenvalue weighted by Gasteiger charge is -2.12. The van der Waals surface area contributed by atoms with E-state index in [-0.39, 0.29) is 17.5 Å². The highest BCUT2D eigenvalue weighted by Crippen LogP contribution is 2.37. The molecule has 2 aromatic carbocycles. The highest BCUT2D eigenvalue weighted by molar-refractivity contribution is 7.92. The summed E-state index contributed by atoms with van der Waals surface area (Å²) in [4.78, 5) is 8.87. The van der Waals surface area contributed by atoms with Gasteiger partial charge >= 0.3 is 0 Å². The molecule has 0 aliphatic heterocycles. The van der Waals surface area contributed by atoms with Crippen LogP contribution < -0.4 is 4.72 Å². The maximum atomic E-state index is 13.8. The van der Waals surface area contributed by atoms with E-state index in [4.69, 9.17) is 4.98 Å². The summed E-state index contributed by atoms with van der Waals surface area (Å²) in [6.45, 7) is 3.80. The molecule has 3 heterocycles. The molecule has 8 nitrogen and oxygen atoms in total. The molecule has 10 heteroatoms. The van der Waals surface area contributed by atoms with Crippen molar-refractivity contribution in [2.24, 2.45) is 7.05 Å². The van der Waals surface area contributed by atoms with Gasteiger partial charge in [0.2, 0.25) is 15.9 Å². The Labute approximate surface area is 201 Å². The lowest BCUT2D eigenvalue weighted by Crippen LogP contribution is -2.14. The summed E-state index contributed by atoms with van der Waals surface area (Å²) in [5.41, 5.74) is 4.60. The van der Waals surface area contributed by atoms with Gasteiger partial charge in [0.05, 0.1) is 17.0 Å². The van der Waals surface area contributed by atoms with Crippen LogP contribution in [0.4, 0.5) is 10.1 Å². The average molecular weight is 494 g/mol. The maximum absolute atomic E-state index is 13.8. The number of hydrogen-bond acceptors (Lipinski definition) is 5. The molecule has 0 radical (unpaired) electrons. The highest BCUT2D eigenvalue weighted by Gasteiger charge is 2.22. The minimum atomic E-state index is -3.53. The van der Waals surface area contributed by atoms with Crippen LogP contribution in [0.3, 0.4) is 0 Å². The second-order valence-electron chi connectivity index (χ2n) is 8.46. The van der Waals surface area contributed by atoms with Crippen molar-refractivity contribution in [3.05, 3.63) is 71.8 Å². The van der Waals surface area contributed by atoms with E-state index in [1.54, 1.807) is 35.8 Å². The molecule has 0 amide bonds. The van der Waals surface area contributed by atoms with Crippen molar-refractivity contribution in [1.29, 1.82) is 0 Å². The zero-order valence-electron chi connectivity index (χ0n) is 19.4. The number of pyridine rings is 1. The van der Waals surface area contributed by atoms with Crippen molar-refractivity contribution in [2.75, 3.05) is 10.5 Å². The minimum absolute atomic E-state index is 0.0681. The molecule has 0 saturated heterocycles. The standard InChI is InChI=1S/C25H24FN5O3S/c1-4-35(33,34)29-20-6-5-7-21-22(20)28-24(31(21)13-16-8-9-17(26)12-15(16)2)19-14-30(3)23-18(19)10-11-27-25(23)32/h5-12,14,29H,4,13H2,1-3H3,(H,27,32). The molecule has 0 spiro atoms. The number of aryl methyl sites for hydroxylation is 2. The van der Waals surface area contributed by atoms with E-state index in [1.165, 1.54) is 18.3 Å². The molecular weight excluding hydrogens is 469 g/mol. The summed E-state index contributed by atoms with van der Waals surface area (Å²) >= 11 is 0. The molecule has 0 unspecified atom stereocenters. The first kappa shape index (κ1) is 22.9. The third-order valence-corrected chi connectivity index (χ3v) is 7.46. The van der Waals surface area contributed by atoms with Gasteiger partial charge < -0.3 is 14.2 Å². The quantitative estimate of drug-likeness (QED) is 0.361. The number of aromatic nitrogens is 4. The van der Waals surface area contributed by atoms with Crippen LogP contribution in [0.5, 0.6) is 5.88 Å². The number of hydrogen-bond donors (Lipinski definition) is 2. The normalized spacial score (nSPS) is 12.0. The summed E-state index contributed by atoms with van der Waals surface area (Å²) in [6.07, 6.45) is 3.39. The Bertz CT molecular complexity index is 1710. The van der Waals surface area contributed by atoms with Crippen LogP contribution in [-0.4, -0.2) is 38.4 Å². The topological polar surface area (TPSA) is 102 Å². The van der Waals surface area contributed by atoms with Gasteiger partial charge in [-0.05, 0) is 55.3 Å². The summed E-state index contributed by atoms with van der Waals surface area (Å²) < 4.78 is 44.8. The molecular formula is C25H24FN5O3S. The Balaban J connectivity index is 1.80. The van der Waals surface area contributed by atoms with Crippen LogP contribution in [0.15, 0.2) is 54.9 Å². The predicted octanol–water partition coefficient (Wildman–Crippen LogP) is 4.55. The molecule has 3 aromatic heterocycles. The van der Waals surface area contributed by atoms with E-state index in [0.29, 0.717) is 29.1 Å². The number of rotatable bonds is 6. The number of fused-ring (bicyclic) bond motifs is 2.